The van der Waals surface area contributed by atoms with Gasteiger partial charge in [-0.15, -0.1) is 23.1 Å². The number of hydroxylamine groups is 3. The number of nitrogens with one attached hydrogen (secondary N) is 2. The van der Waals surface area contributed by atoms with Gasteiger partial charge in [-0.2, -0.15) is 9.48 Å². The number of thiazole rings is 1. The summed E-state index contributed by atoms with van der Waals surface area (Å²) in [7, 11) is 6.91. The second kappa shape index (κ2) is 19.9. The van der Waals surface area contributed by atoms with Crippen molar-refractivity contribution in [3.63, 3.8) is 0 Å². The maximum atomic E-state index is 14.1. The van der Waals surface area contributed by atoms with Crippen LogP contribution in [0.5, 0.6) is 5.75 Å². The summed E-state index contributed by atoms with van der Waals surface area (Å²) in [5.74, 6) is -0.682. The van der Waals surface area contributed by atoms with E-state index in [1.165, 1.54) is 35.1 Å². The summed E-state index contributed by atoms with van der Waals surface area (Å²) in [6.07, 6.45) is 4.44. The lowest BCUT2D eigenvalue weighted by atomic mass is 9.77. The number of ether oxygens (including phenoxy) is 2. The molecule has 1 aromatic heterocycles. The molecule has 3 aliphatic heterocycles. The van der Waals surface area contributed by atoms with Crippen molar-refractivity contribution in [1.29, 1.82) is 0 Å². The number of allylic oxidation sites excluding steroid dienone is 1. The van der Waals surface area contributed by atoms with E-state index in [1.807, 2.05) is 93.0 Å². The van der Waals surface area contributed by atoms with Crippen molar-refractivity contribution in [2.24, 2.45) is 5.16 Å². The highest BCUT2D eigenvalue weighted by molar-refractivity contribution is 8.00. The molecule has 4 heterocycles. The molecule has 8 rings (SSSR count). The molecule has 5 aromatic rings. The average Bonchev–Trinajstić information content (AvgIpc) is 3.92. The van der Waals surface area contributed by atoms with Crippen molar-refractivity contribution in [3.05, 3.63) is 172 Å². The smallest absolute Gasteiger partial charge is 0.355 e. The summed E-state index contributed by atoms with van der Waals surface area (Å²) in [5.41, 5.74) is 3.79. The number of amides is 2. The van der Waals surface area contributed by atoms with Crippen molar-refractivity contribution < 1.29 is 62.2 Å². The van der Waals surface area contributed by atoms with Crippen molar-refractivity contribution in [2.45, 2.75) is 36.1 Å². The predicted octanol–water partition coefficient (Wildman–Crippen LogP) is 3.64. The molecule has 3 atom stereocenters. The van der Waals surface area contributed by atoms with E-state index in [4.69, 9.17) is 24.1 Å². The van der Waals surface area contributed by atoms with E-state index in [9.17, 15) is 14.4 Å². The van der Waals surface area contributed by atoms with Gasteiger partial charge in [0.15, 0.2) is 10.8 Å². The number of anilines is 1. The topological polar surface area (TPSA) is 141 Å². The molecule has 2 amide bonds. The number of esters is 1. The van der Waals surface area contributed by atoms with E-state index < -0.39 is 34.7 Å². The average molecular weight is 999 g/mol. The normalized spacial score (nSPS) is 19.4. The number of β-lactam (4-membered cyclic amide) rings is 1. The number of halogens is 1. The van der Waals surface area contributed by atoms with Gasteiger partial charge in [-0.3, -0.25) is 14.5 Å². The lowest BCUT2D eigenvalue weighted by Crippen LogP contribution is -3.00. The van der Waals surface area contributed by atoms with Crippen molar-refractivity contribution in [1.82, 2.24) is 15.2 Å². The Kier molecular flexibility index (Phi) is 14.4. The van der Waals surface area contributed by atoms with Gasteiger partial charge in [0.05, 0.1) is 21.2 Å². The molecule has 16 heteroatoms. The van der Waals surface area contributed by atoms with E-state index in [2.05, 4.69) is 52.2 Å². The maximum Gasteiger partial charge on any atom is 0.355 e. The summed E-state index contributed by atoms with van der Waals surface area (Å²) in [6.45, 7) is 0.835. The number of methoxy groups -OCH3 is 1. The number of hydrogen-bond acceptors (Lipinski definition) is 12. The fourth-order valence-corrected chi connectivity index (χ4v) is 9.92. The molecule has 13 nitrogen and oxygen atoms in total. The van der Waals surface area contributed by atoms with E-state index >= 15 is 0 Å². The molecular weight excluding hydrogens is 952 g/mol. The highest BCUT2D eigenvalue weighted by Gasteiger charge is 2.54. The van der Waals surface area contributed by atoms with Crippen LogP contribution in [0.4, 0.5) is 5.13 Å². The van der Waals surface area contributed by atoms with Crippen LogP contribution < -0.4 is 39.3 Å². The van der Waals surface area contributed by atoms with E-state index in [0.717, 1.165) is 35.2 Å². The zero-order chi connectivity index (χ0) is 43.3. The van der Waals surface area contributed by atoms with Crippen LogP contribution in [0.25, 0.3) is 0 Å². The maximum absolute atomic E-state index is 14.1. The second-order valence-corrected chi connectivity index (χ2v) is 17.3. The van der Waals surface area contributed by atoms with Gasteiger partial charge in [0.2, 0.25) is 0 Å². The van der Waals surface area contributed by atoms with Gasteiger partial charge in [0.1, 0.15) is 60.5 Å². The summed E-state index contributed by atoms with van der Waals surface area (Å²) < 4.78 is 11.5. The Morgan fingerprint density at radius 1 is 0.937 bits per heavy atom. The van der Waals surface area contributed by atoms with Crippen LogP contribution >= 0.6 is 23.1 Å². The number of nitrogens with zero attached hydrogens (tertiary/aromatic N) is 4. The van der Waals surface area contributed by atoms with E-state index in [1.54, 1.807) is 24.6 Å². The monoisotopic (exact) mass is 998 g/mol. The van der Waals surface area contributed by atoms with E-state index in [0.29, 0.717) is 26.9 Å². The molecular formula is C47H47IN6O7S2. The first-order chi connectivity index (χ1) is 30.1. The molecule has 3 aliphatic rings. The van der Waals surface area contributed by atoms with Crippen molar-refractivity contribution >= 4 is 51.7 Å². The Morgan fingerprint density at radius 2 is 1.56 bits per heavy atom. The highest BCUT2D eigenvalue weighted by Crippen LogP contribution is 2.43. The fourth-order valence-electron chi connectivity index (χ4n) is 7.85. The largest absolute Gasteiger partial charge is 1.00 e. The molecule has 0 bridgehead atoms. The first-order valence-electron chi connectivity index (χ1n) is 20.1. The molecule has 0 radical (unpaired) electrons. The molecule has 2 saturated heterocycles. The number of fused-ring (bicyclic) bond motifs is 1. The SMILES string of the molecule is CO/N=C(\C(=O)N[C@@H]1C(=O)N2C(C(=O)OCc3ccc(OC)cc3)=C(/C=C/C3CC[N+](C)(C)O3)CS[C@H]12)c1csc(NC(c2ccccc2)(c2ccccc2)c2ccccc2)n1.[I-]. The van der Waals surface area contributed by atoms with Gasteiger partial charge < -0.3 is 48.9 Å². The molecule has 2 N–H and O–H groups in total. The number of aromatic nitrogens is 1. The minimum atomic E-state index is -0.959. The Labute approximate surface area is 391 Å². The van der Waals surface area contributed by atoms with Gasteiger partial charge in [0.25, 0.3) is 11.8 Å². The molecule has 326 valence electrons. The van der Waals surface area contributed by atoms with Gasteiger partial charge >= 0.3 is 5.97 Å². The minimum absolute atomic E-state index is 0. The zero-order valence-electron chi connectivity index (χ0n) is 35.1. The molecule has 0 aliphatic carbocycles. The molecule has 0 spiro atoms. The quantitative estimate of drug-likeness (QED) is 0.0304. The summed E-state index contributed by atoms with van der Waals surface area (Å²) in [5, 5.41) is 12.4. The Bertz CT molecular complexity index is 2400. The van der Waals surface area contributed by atoms with Crippen LogP contribution in [0.15, 0.2) is 149 Å². The molecule has 0 saturated carbocycles. The Morgan fingerprint density at radius 3 is 2.11 bits per heavy atom. The van der Waals surface area contributed by atoms with Gasteiger partial charge in [0, 0.05) is 17.6 Å². The number of oxime groups is 1. The van der Waals surface area contributed by atoms with Crippen LogP contribution in [0, 0.1) is 0 Å². The van der Waals surface area contributed by atoms with Crippen molar-refractivity contribution in [3.8, 4) is 5.75 Å². The number of hydrogen-bond donors (Lipinski definition) is 2. The first-order valence-corrected chi connectivity index (χ1v) is 22.0. The van der Waals surface area contributed by atoms with Gasteiger partial charge in [-0.1, -0.05) is 114 Å². The minimum Gasteiger partial charge on any atom is -1.00 e. The number of rotatable bonds is 15. The van der Waals surface area contributed by atoms with Crippen LogP contribution in [-0.2, 0) is 40.9 Å². The van der Waals surface area contributed by atoms with E-state index in [-0.39, 0.29) is 53.8 Å². The second-order valence-electron chi connectivity index (χ2n) is 15.4. The van der Waals surface area contributed by atoms with Gasteiger partial charge in [-0.05, 0) is 46.0 Å². The number of carbonyl (C=O) groups excluding carboxylic acids is 3. The van der Waals surface area contributed by atoms with Crippen LogP contribution in [0.3, 0.4) is 0 Å². The number of quaternary nitrogens is 1. The third kappa shape index (κ3) is 9.69. The van der Waals surface area contributed by atoms with Crippen LogP contribution in [0.1, 0.15) is 34.4 Å². The lowest BCUT2D eigenvalue weighted by Gasteiger charge is -2.49. The fraction of sp³-hybridized carbons (Fsp3) is 0.255. The zero-order valence-corrected chi connectivity index (χ0v) is 38.9. The highest BCUT2D eigenvalue weighted by atomic mass is 127. The molecule has 1 unspecified atom stereocenters. The molecule has 4 aromatic carbocycles. The Hall–Kier alpha value is -5.53. The van der Waals surface area contributed by atoms with Crippen molar-refractivity contribution in [2.75, 3.05) is 45.9 Å². The van der Waals surface area contributed by atoms with Crippen LogP contribution in [0.2, 0.25) is 0 Å². The molecule has 63 heavy (non-hydrogen) atoms. The van der Waals surface area contributed by atoms with Crippen LogP contribution in [-0.4, -0.2) is 96.2 Å². The standard InChI is InChI=1S/C47H46N6O7S2.HI/c1-53(2)27-26-37(60-53)25-22-32-29-61-44-40(43(55)52(44)41(32)45(56)59-28-31-20-23-36(57-3)24-21-31)49-42(54)39(51-58-4)38-30-62-46(48-38)50-47(33-14-8-5-9-15-33,34-16-10-6-11-17-34)35-18-12-7-13-19-35;/h5-25,30,37,40,44H,26-29H2,1-4H3,(H-,48,49,50,54);1H/b25-22+,51-39-;/t37?,40-,44-;/m1./s1. The number of thioether (sulfide) groups is 1. The summed E-state index contributed by atoms with van der Waals surface area (Å²) >= 11 is 2.76. The number of carbonyl (C=O) groups is 3. The summed E-state index contributed by atoms with van der Waals surface area (Å²) in [6, 6.07) is 36.6. The Balaban J connectivity index is 0.00000595. The third-order valence-corrected chi connectivity index (χ3v) is 13.0. The molecule has 2 fully saturated rings. The third-order valence-electron chi connectivity index (χ3n) is 11.0. The lowest BCUT2D eigenvalue weighted by molar-refractivity contribution is -1.06. The van der Waals surface area contributed by atoms with Gasteiger partial charge in [-0.25, -0.2) is 9.78 Å². The summed E-state index contributed by atoms with van der Waals surface area (Å²) in [4.78, 5) is 59.6. The predicted molar refractivity (Wildman–Crippen MR) is 239 cm³/mol. The number of benzene rings is 4. The first kappa shape index (κ1) is 45.5.